The maximum Gasteiger partial charge on any atom is 0.255 e. The maximum atomic E-state index is 13.0. The smallest absolute Gasteiger partial charge is 0.255 e. The number of fused-ring (bicyclic) bond motifs is 1. The molecule has 2 aromatic rings. The molecule has 138 valence electrons. The van der Waals surface area contributed by atoms with E-state index in [-0.39, 0.29) is 23.4 Å². The van der Waals surface area contributed by atoms with Gasteiger partial charge in [0.05, 0.1) is 5.56 Å². The highest BCUT2D eigenvalue weighted by Crippen LogP contribution is 2.23. The molecule has 0 saturated carbocycles. The number of aromatic amines is 1. The Morgan fingerprint density at radius 3 is 2.62 bits per heavy atom. The summed E-state index contributed by atoms with van der Waals surface area (Å²) in [5, 5.41) is 0. The molecule has 0 aliphatic carbocycles. The molecule has 0 bridgehead atoms. The van der Waals surface area contributed by atoms with Crippen LogP contribution in [0, 0.1) is 0 Å². The van der Waals surface area contributed by atoms with Crippen LogP contribution < -0.4 is 5.56 Å². The van der Waals surface area contributed by atoms with Crippen LogP contribution in [-0.4, -0.2) is 47.4 Å². The van der Waals surface area contributed by atoms with Gasteiger partial charge in [-0.15, -0.1) is 0 Å². The number of amides is 1. The molecule has 0 spiro atoms. The molecule has 0 fully saturated rings. The highest BCUT2D eigenvalue weighted by Gasteiger charge is 2.26. The SMILES string of the molecule is CC(C)c1[nH]c(=O)ccc1C(=O)N(C)CC1Cc2ccccc2CN1C. The number of rotatable bonds is 4. The Labute approximate surface area is 154 Å². The van der Waals surface area contributed by atoms with E-state index in [2.05, 4.69) is 41.2 Å². The summed E-state index contributed by atoms with van der Waals surface area (Å²) in [7, 11) is 3.95. The second-order valence-corrected chi connectivity index (χ2v) is 7.53. The number of H-pyrrole nitrogens is 1. The molecule has 1 atom stereocenters. The van der Waals surface area contributed by atoms with Gasteiger partial charge in [-0.2, -0.15) is 0 Å². The van der Waals surface area contributed by atoms with Crippen LogP contribution in [0.2, 0.25) is 0 Å². The molecule has 1 aliphatic rings. The van der Waals surface area contributed by atoms with E-state index in [0.717, 1.165) is 13.0 Å². The second kappa shape index (κ2) is 7.46. The summed E-state index contributed by atoms with van der Waals surface area (Å²) in [6.45, 7) is 5.51. The van der Waals surface area contributed by atoms with Gasteiger partial charge in [-0.25, -0.2) is 0 Å². The van der Waals surface area contributed by atoms with Crippen molar-refractivity contribution in [2.45, 2.75) is 38.8 Å². The molecular weight excluding hydrogens is 326 g/mol. The van der Waals surface area contributed by atoms with E-state index in [4.69, 9.17) is 0 Å². The summed E-state index contributed by atoms with van der Waals surface area (Å²) in [5.74, 6) is 0.0395. The molecule has 1 aromatic carbocycles. The lowest BCUT2D eigenvalue weighted by molar-refractivity contribution is 0.0731. The summed E-state index contributed by atoms with van der Waals surface area (Å²) in [4.78, 5) is 31.5. The molecule has 1 aromatic heterocycles. The first-order chi connectivity index (χ1) is 12.4. The quantitative estimate of drug-likeness (QED) is 0.919. The molecular formula is C21H27N3O2. The van der Waals surface area contributed by atoms with Crippen LogP contribution in [0.4, 0.5) is 0 Å². The van der Waals surface area contributed by atoms with Crippen LogP contribution in [0.1, 0.15) is 46.9 Å². The summed E-state index contributed by atoms with van der Waals surface area (Å²) >= 11 is 0. The first-order valence-corrected chi connectivity index (χ1v) is 9.12. The average Bonchev–Trinajstić information content (AvgIpc) is 2.61. The van der Waals surface area contributed by atoms with Gasteiger partial charge < -0.3 is 9.88 Å². The zero-order valence-corrected chi connectivity index (χ0v) is 16.0. The van der Waals surface area contributed by atoms with Crippen molar-refractivity contribution >= 4 is 5.91 Å². The largest absolute Gasteiger partial charge is 0.340 e. The van der Waals surface area contributed by atoms with Crippen molar-refractivity contribution in [3.63, 3.8) is 0 Å². The Balaban J connectivity index is 1.77. The van der Waals surface area contributed by atoms with Crippen molar-refractivity contribution in [1.29, 1.82) is 0 Å². The van der Waals surface area contributed by atoms with E-state index in [1.807, 2.05) is 20.9 Å². The summed E-state index contributed by atoms with van der Waals surface area (Å²) < 4.78 is 0. The molecule has 0 saturated heterocycles. The van der Waals surface area contributed by atoms with Crippen LogP contribution in [0.15, 0.2) is 41.2 Å². The topological polar surface area (TPSA) is 56.4 Å². The minimum Gasteiger partial charge on any atom is -0.340 e. The van der Waals surface area contributed by atoms with Gasteiger partial charge in [0.25, 0.3) is 5.91 Å². The highest BCUT2D eigenvalue weighted by atomic mass is 16.2. The molecule has 1 amide bonds. The van der Waals surface area contributed by atoms with Crippen molar-refractivity contribution in [1.82, 2.24) is 14.8 Å². The van der Waals surface area contributed by atoms with Gasteiger partial charge in [-0.1, -0.05) is 38.1 Å². The molecule has 26 heavy (non-hydrogen) atoms. The first-order valence-electron chi connectivity index (χ1n) is 9.12. The Morgan fingerprint density at radius 2 is 1.92 bits per heavy atom. The number of carbonyl (C=O) groups excluding carboxylic acids is 1. The van der Waals surface area contributed by atoms with Crippen molar-refractivity contribution in [2.75, 3.05) is 20.6 Å². The fraction of sp³-hybridized carbons (Fsp3) is 0.429. The predicted octanol–water partition coefficient (Wildman–Crippen LogP) is 2.63. The van der Waals surface area contributed by atoms with E-state index >= 15 is 0 Å². The third kappa shape index (κ3) is 3.73. The minimum atomic E-state index is -0.170. The van der Waals surface area contributed by atoms with Gasteiger partial charge in [-0.05, 0) is 36.6 Å². The van der Waals surface area contributed by atoms with Gasteiger partial charge in [-0.3, -0.25) is 14.5 Å². The van der Waals surface area contributed by atoms with E-state index in [1.165, 1.54) is 17.2 Å². The fourth-order valence-corrected chi connectivity index (χ4v) is 3.66. The van der Waals surface area contributed by atoms with E-state index in [1.54, 1.807) is 11.0 Å². The van der Waals surface area contributed by atoms with E-state index in [0.29, 0.717) is 17.8 Å². The molecule has 0 radical (unpaired) electrons. The number of aromatic nitrogens is 1. The number of hydrogen-bond acceptors (Lipinski definition) is 3. The highest BCUT2D eigenvalue weighted by molar-refractivity contribution is 5.95. The number of hydrogen-bond donors (Lipinski definition) is 1. The monoisotopic (exact) mass is 353 g/mol. The molecule has 5 nitrogen and oxygen atoms in total. The number of benzene rings is 1. The van der Waals surface area contributed by atoms with Crippen LogP contribution >= 0.6 is 0 Å². The zero-order chi connectivity index (χ0) is 18.8. The fourth-order valence-electron chi connectivity index (χ4n) is 3.66. The van der Waals surface area contributed by atoms with Gasteiger partial charge in [0, 0.05) is 37.9 Å². The number of likely N-dealkylation sites (N-methyl/N-ethyl adjacent to an activating group) is 2. The molecule has 2 heterocycles. The number of nitrogens with one attached hydrogen (secondary N) is 1. The minimum absolute atomic E-state index is 0.0443. The molecule has 1 unspecified atom stereocenters. The van der Waals surface area contributed by atoms with Gasteiger partial charge >= 0.3 is 0 Å². The summed E-state index contributed by atoms with van der Waals surface area (Å²) in [6, 6.07) is 11.9. The Hall–Kier alpha value is -2.40. The second-order valence-electron chi connectivity index (χ2n) is 7.53. The van der Waals surface area contributed by atoms with Crippen molar-refractivity contribution in [3.8, 4) is 0 Å². The van der Waals surface area contributed by atoms with Gasteiger partial charge in [0.15, 0.2) is 0 Å². The van der Waals surface area contributed by atoms with E-state index < -0.39 is 0 Å². The number of pyridine rings is 1. The molecule has 3 rings (SSSR count). The Kier molecular flexibility index (Phi) is 5.28. The summed E-state index contributed by atoms with van der Waals surface area (Å²) in [6.07, 6.45) is 0.937. The van der Waals surface area contributed by atoms with Gasteiger partial charge in [0.1, 0.15) is 0 Å². The summed E-state index contributed by atoms with van der Waals surface area (Å²) in [5.41, 5.74) is 3.85. The zero-order valence-electron chi connectivity index (χ0n) is 16.0. The van der Waals surface area contributed by atoms with Crippen LogP contribution in [0.25, 0.3) is 0 Å². The Morgan fingerprint density at radius 1 is 1.23 bits per heavy atom. The number of carbonyl (C=O) groups is 1. The maximum absolute atomic E-state index is 13.0. The van der Waals surface area contributed by atoms with Crippen molar-refractivity contribution in [3.05, 3.63) is 69.1 Å². The predicted molar refractivity (Wildman–Crippen MR) is 104 cm³/mol. The lowest BCUT2D eigenvalue weighted by Gasteiger charge is -2.36. The lowest BCUT2D eigenvalue weighted by atomic mass is 9.94. The average molecular weight is 353 g/mol. The van der Waals surface area contributed by atoms with Crippen LogP contribution in [0.3, 0.4) is 0 Å². The third-order valence-electron chi connectivity index (χ3n) is 5.21. The first kappa shape index (κ1) is 18.4. The normalized spacial score (nSPS) is 17.2. The standard InChI is InChI=1S/C21H27N3O2/c1-14(2)20-18(9-10-19(25)22-20)21(26)24(4)13-17-11-15-7-5-6-8-16(15)12-23(17)3/h5-10,14,17H,11-13H2,1-4H3,(H,22,25). The van der Waals surface area contributed by atoms with Crippen molar-refractivity contribution in [2.24, 2.45) is 0 Å². The van der Waals surface area contributed by atoms with Crippen molar-refractivity contribution < 1.29 is 4.79 Å². The van der Waals surface area contributed by atoms with Gasteiger partial charge in [0.2, 0.25) is 5.56 Å². The lowest BCUT2D eigenvalue weighted by Crippen LogP contribution is -2.46. The molecule has 5 heteroatoms. The molecule has 1 aliphatic heterocycles. The van der Waals surface area contributed by atoms with E-state index in [9.17, 15) is 9.59 Å². The van der Waals surface area contributed by atoms with Crippen LogP contribution in [0.5, 0.6) is 0 Å². The van der Waals surface area contributed by atoms with Crippen LogP contribution in [-0.2, 0) is 13.0 Å². The Bertz CT molecular complexity index is 856. The molecule has 1 N–H and O–H groups in total. The number of nitrogens with zero attached hydrogens (tertiary/aromatic N) is 2. The third-order valence-corrected chi connectivity index (χ3v) is 5.21.